The lowest BCUT2D eigenvalue weighted by Gasteiger charge is -2.38. The van der Waals surface area contributed by atoms with E-state index < -0.39 is 11.5 Å². The molecule has 0 saturated heterocycles. The highest BCUT2D eigenvalue weighted by molar-refractivity contribution is 5.79. The zero-order chi connectivity index (χ0) is 9.03. The molecule has 1 rings (SSSR count). The summed E-state index contributed by atoms with van der Waals surface area (Å²) in [6.45, 7) is 0.700. The first-order valence-electron chi connectivity index (χ1n) is 4.30. The van der Waals surface area contributed by atoms with E-state index in [1.54, 1.807) is 0 Å². The van der Waals surface area contributed by atoms with Crippen LogP contribution in [0.1, 0.15) is 25.7 Å². The van der Waals surface area contributed by atoms with E-state index in [-0.39, 0.29) is 6.61 Å². The largest absolute Gasteiger partial charge is 0.480 e. The minimum Gasteiger partial charge on any atom is -0.480 e. The SMILES string of the molecule is O=C(O)C1(NCCCO)CCC1. The quantitative estimate of drug-likeness (QED) is 0.510. The maximum atomic E-state index is 10.8. The molecule has 0 aliphatic heterocycles. The molecule has 12 heavy (non-hydrogen) atoms. The van der Waals surface area contributed by atoms with Gasteiger partial charge in [-0.05, 0) is 32.2 Å². The molecule has 0 amide bonds. The molecule has 1 saturated carbocycles. The van der Waals surface area contributed by atoms with Gasteiger partial charge in [-0.25, -0.2) is 0 Å². The van der Waals surface area contributed by atoms with Crippen molar-refractivity contribution >= 4 is 5.97 Å². The van der Waals surface area contributed by atoms with Crippen LogP contribution in [0.2, 0.25) is 0 Å². The number of carboxylic acid groups (broad SMARTS) is 1. The number of aliphatic hydroxyl groups excluding tert-OH is 1. The molecule has 70 valence electrons. The summed E-state index contributed by atoms with van der Waals surface area (Å²) < 4.78 is 0. The molecule has 1 aliphatic carbocycles. The number of carboxylic acids is 1. The Labute approximate surface area is 71.6 Å². The monoisotopic (exact) mass is 173 g/mol. The summed E-state index contributed by atoms with van der Waals surface area (Å²) in [7, 11) is 0. The molecular weight excluding hydrogens is 158 g/mol. The van der Waals surface area contributed by atoms with E-state index in [0.717, 1.165) is 6.42 Å². The average Bonchev–Trinajstić information content (AvgIpc) is 1.94. The number of rotatable bonds is 5. The van der Waals surface area contributed by atoms with E-state index in [1.807, 2.05) is 0 Å². The second-order valence-electron chi connectivity index (χ2n) is 3.24. The number of hydrogen-bond acceptors (Lipinski definition) is 3. The Morgan fingerprint density at radius 2 is 2.17 bits per heavy atom. The van der Waals surface area contributed by atoms with Gasteiger partial charge in [0, 0.05) is 6.61 Å². The Morgan fingerprint density at radius 1 is 1.50 bits per heavy atom. The summed E-state index contributed by atoms with van der Waals surface area (Å²) in [6.07, 6.45) is 3.04. The topological polar surface area (TPSA) is 69.6 Å². The third-order valence-electron chi connectivity index (χ3n) is 2.41. The van der Waals surface area contributed by atoms with E-state index in [4.69, 9.17) is 10.2 Å². The molecule has 0 bridgehead atoms. The van der Waals surface area contributed by atoms with Crippen LogP contribution in [0, 0.1) is 0 Å². The Morgan fingerprint density at radius 3 is 2.50 bits per heavy atom. The van der Waals surface area contributed by atoms with E-state index in [0.29, 0.717) is 25.8 Å². The summed E-state index contributed by atoms with van der Waals surface area (Å²) in [4.78, 5) is 10.8. The van der Waals surface area contributed by atoms with E-state index in [9.17, 15) is 4.79 Å². The lowest BCUT2D eigenvalue weighted by Crippen LogP contribution is -2.57. The van der Waals surface area contributed by atoms with Gasteiger partial charge in [0.15, 0.2) is 0 Å². The van der Waals surface area contributed by atoms with Crippen LogP contribution in [0.5, 0.6) is 0 Å². The van der Waals surface area contributed by atoms with Crippen molar-refractivity contribution in [1.82, 2.24) is 5.32 Å². The lowest BCUT2D eigenvalue weighted by atomic mass is 9.77. The molecule has 0 spiro atoms. The fourth-order valence-electron chi connectivity index (χ4n) is 1.40. The van der Waals surface area contributed by atoms with Crippen molar-refractivity contribution < 1.29 is 15.0 Å². The molecule has 0 aromatic rings. The van der Waals surface area contributed by atoms with Gasteiger partial charge >= 0.3 is 5.97 Å². The van der Waals surface area contributed by atoms with Crippen LogP contribution in [0.25, 0.3) is 0 Å². The molecule has 0 unspecified atom stereocenters. The molecule has 1 fully saturated rings. The molecule has 0 aromatic heterocycles. The van der Waals surface area contributed by atoms with Crippen molar-refractivity contribution in [1.29, 1.82) is 0 Å². The zero-order valence-corrected chi connectivity index (χ0v) is 7.05. The third-order valence-corrected chi connectivity index (χ3v) is 2.41. The smallest absolute Gasteiger partial charge is 0.323 e. The van der Waals surface area contributed by atoms with Gasteiger partial charge in [0.25, 0.3) is 0 Å². The molecule has 0 atom stereocenters. The average molecular weight is 173 g/mol. The highest BCUT2D eigenvalue weighted by Crippen LogP contribution is 2.31. The van der Waals surface area contributed by atoms with Gasteiger partial charge in [-0.15, -0.1) is 0 Å². The molecule has 0 radical (unpaired) electrons. The van der Waals surface area contributed by atoms with Crippen LogP contribution in [0.3, 0.4) is 0 Å². The fraction of sp³-hybridized carbons (Fsp3) is 0.875. The van der Waals surface area contributed by atoms with Crippen LogP contribution >= 0.6 is 0 Å². The predicted octanol–water partition coefficient (Wildman–Crippen LogP) is -0.0343. The number of nitrogens with one attached hydrogen (secondary N) is 1. The van der Waals surface area contributed by atoms with Crippen molar-refractivity contribution in [2.24, 2.45) is 0 Å². The molecular formula is C8H15NO3. The van der Waals surface area contributed by atoms with Gasteiger partial charge in [0.2, 0.25) is 0 Å². The second-order valence-corrected chi connectivity index (χ2v) is 3.24. The van der Waals surface area contributed by atoms with E-state index in [1.165, 1.54) is 0 Å². The number of aliphatic carboxylic acids is 1. The summed E-state index contributed by atoms with van der Waals surface area (Å²) in [5.74, 6) is -0.758. The molecule has 4 nitrogen and oxygen atoms in total. The number of hydrogen-bond donors (Lipinski definition) is 3. The van der Waals surface area contributed by atoms with E-state index in [2.05, 4.69) is 5.32 Å². The van der Waals surface area contributed by atoms with Crippen LogP contribution in [-0.2, 0) is 4.79 Å². The summed E-state index contributed by atoms with van der Waals surface area (Å²) >= 11 is 0. The standard InChI is InChI=1S/C8H15NO3/c10-6-2-5-9-8(7(11)12)3-1-4-8/h9-10H,1-6H2,(H,11,12). The van der Waals surface area contributed by atoms with Crippen LogP contribution in [0.4, 0.5) is 0 Å². The van der Waals surface area contributed by atoms with Gasteiger partial charge < -0.3 is 15.5 Å². The Hall–Kier alpha value is -0.610. The van der Waals surface area contributed by atoms with Crippen LogP contribution < -0.4 is 5.32 Å². The first-order chi connectivity index (χ1) is 5.71. The lowest BCUT2D eigenvalue weighted by molar-refractivity contribution is -0.148. The van der Waals surface area contributed by atoms with Crippen molar-refractivity contribution in [3.8, 4) is 0 Å². The van der Waals surface area contributed by atoms with Crippen molar-refractivity contribution in [2.75, 3.05) is 13.2 Å². The third kappa shape index (κ3) is 1.76. The minimum atomic E-state index is -0.758. The number of carbonyl (C=O) groups is 1. The van der Waals surface area contributed by atoms with Gasteiger partial charge in [-0.3, -0.25) is 4.79 Å². The van der Waals surface area contributed by atoms with Crippen LogP contribution in [0.15, 0.2) is 0 Å². The molecule has 4 heteroatoms. The number of aliphatic hydroxyl groups is 1. The maximum Gasteiger partial charge on any atom is 0.323 e. The molecule has 3 N–H and O–H groups in total. The first kappa shape index (κ1) is 9.48. The van der Waals surface area contributed by atoms with E-state index >= 15 is 0 Å². The van der Waals surface area contributed by atoms with Gasteiger partial charge in [-0.2, -0.15) is 0 Å². The maximum absolute atomic E-state index is 10.8. The summed E-state index contributed by atoms with van der Waals surface area (Å²) in [5, 5.41) is 20.3. The van der Waals surface area contributed by atoms with Gasteiger partial charge in [0.05, 0.1) is 0 Å². The Bertz CT molecular complexity index is 166. The first-order valence-corrected chi connectivity index (χ1v) is 4.30. The minimum absolute atomic E-state index is 0.114. The highest BCUT2D eigenvalue weighted by Gasteiger charge is 2.43. The Balaban J connectivity index is 2.30. The normalized spacial score (nSPS) is 20.1. The van der Waals surface area contributed by atoms with Crippen molar-refractivity contribution in [3.05, 3.63) is 0 Å². The molecule has 1 aliphatic rings. The predicted molar refractivity (Wildman–Crippen MR) is 43.9 cm³/mol. The zero-order valence-electron chi connectivity index (χ0n) is 7.05. The summed E-state index contributed by atoms with van der Waals surface area (Å²) in [5.41, 5.74) is -0.671. The van der Waals surface area contributed by atoms with Crippen molar-refractivity contribution in [3.63, 3.8) is 0 Å². The molecule has 0 heterocycles. The fourth-order valence-corrected chi connectivity index (χ4v) is 1.40. The summed E-state index contributed by atoms with van der Waals surface area (Å²) in [6, 6.07) is 0. The Kier molecular flexibility index (Phi) is 3.05. The molecule has 0 aromatic carbocycles. The second kappa shape index (κ2) is 3.87. The van der Waals surface area contributed by atoms with Gasteiger partial charge in [0.1, 0.15) is 5.54 Å². The highest BCUT2D eigenvalue weighted by atomic mass is 16.4. The van der Waals surface area contributed by atoms with Crippen LogP contribution in [-0.4, -0.2) is 34.9 Å². The van der Waals surface area contributed by atoms with Crippen molar-refractivity contribution in [2.45, 2.75) is 31.2 Å². The van der Waals surface area contributed by atoms with Gasteiger partial charge in [-0.1, -0.05) is 0 Å².